The Morgan fingerprint density at radius 3 is 2.55 bits per heavy atom. The molecule has 0 unspecified atom stereocenters. The number of rotatable bonds is 6. The molecule has 1 amide bonds. The number of anilines is 1. The van der Waals surface area contributed by atoms with Crippen LogP contribution in [0.2, 0.25) is 0 Å². The third-order valence-corrected chi connectivity index (χ3v) is 3.29. The molecule has 0 aliphatic carbocycles. The average molecular weight is 277 g/mol. The molecule has 0 atom stereocenters. The second-order valence-corrected chi connectivity index (χ2v) is 4.87. The van der Waals surface area contributed by atoms with Gasteiger partial charge in [0.1, 0.15) is 0 Å². The summed E-state index contributed by atoms with van der Waals surface area (Å²) in [6.45, 7) is 5.59. The van der Waals surface area contributed by atoms with Gasteiger partial charge >= 0.3 is 0 Å². The van der Waals surface area contributed by atoms with Gasteiger partial charge in [0.25, 0.3) is 11.7 Å². The fourth-order valence-electron chi connectivity index (χ4n) is 2.44. The first-order valence-corrected chi connectivity index (χ1v) is 6.60. The second kappa shape index (κ2) is 6.15. The summed E-state index contributed by atoms with van der Waals surface area (Å²) in [4.78, 5) is 25.5. The molecule has 0 aromatic heterocycles. The number of fused-ring (bicyclic) bond motifs is 1. The number of carbonyl (C=O) groups excluding carboxylic acids is 2. The van der Waals surface area contributed by atoms with Gasteiger partial charge in [0.15, 0.2) is 0 Å². The molecule has 0 spiro atoms. The van der Waals surface area contributed by atoms with Crippen LogP contribution in [0.5, 0.6) is 0 Å². The van der Waals surface area contributed by atoms with Crippen molar-refractivity contribution in [2.24, 2.45) is 0 Å². The number of ether oxygens (including phenoxy) is 2. The van der Waals surface area contributed by atoms with E-state index in [1.165, 1.54) is 4.90 Å². The summed E-state index contributed by atoms with van der Waals surface area (Å²) in [6.07, 6.45) is 0. The van der Waals surface area contributed by atoms with E-state index in [0.717, 1.165) is 16.8 Å². The first kappa shape index (κ1) is 14.7. The Balaban J connectivity index is 2.12. The molecular formula is C15H19NO4. The molecule has 0 saturated heterocycles. The number of nitrogens with zero attached hydrogens (tertiary/aromatic N) is 1. The number of amides is 1. The summed E-state index contributed by atoms with van der Waals surface area (Å²) in [7, 11) is 1.61. The van der Waals surface area contributed by atoms with Gasteiger partial charge in [-0.2, -0.15) is 0 Å². The van der Waals surface area contributed by atoms with Crippen molar-refractivity contribution >= 4 is 17.4 Å². The number of Topliss-reactive ketones (excluding diaryl/α,β-unsaturated/α-hetero) is 1. The molecule has 2 rings (SSSR count). The van der Waals surface area contributed by atoms with Crippen LogP contribution in [0.15, 0.2) is 12.1 Å². The Kier molecular flexibility index (Phi) is 4.52. The van der Waals surface area contributed by atoms with Crippen molar-refractivity contribution in [2.45, 2.75) is 13.8 Å². The summed E-state index contributed by atoms with van der Waals surface area (Å²) in [6, 6.07) is 3.75. The van der Waals surface area contributed by atoms with Gasteiger partial charge in [-0.25, -0.2) is 0 Å². The van der Waals surface area contributed by atoms with Gasteiger partial charge in [-0.05, 0) is 31.0 Å². The van der Waals surface area contributed by atoms with E-state index in [1.54, 1.807) is 13.2 Å². The first-order valence-electron chi connectivity index (χ1n) is 6.60. The molecule has 0 N–H and O–H groups in total. The van der Waals surface area contributed by atoms with E-state index in [1.807, 2.05) is 19.9 Å². The zero-order chi connectivity index (χ0) is 14.7. The van der Waals surface area contributed by atoms with Gasteiger partial charge in [-0.15, -0.1) is 0 Å². The molecule has 1 aliphatic heterocycles. The van der Waals surface area contributed by atoms with Crippen LogP contribution in [-0.2, 0) is 14.3 Å². The second-order valence-electron chi connectivity index (χ2n) is 4.87. The maximum Gasteiger partial charge on any atom is 0.299 e. The van der Waals surface area contributed by atoms with Crippen molar-refractivity contribution in [3.63, 3.8) is 0 Å². The van der Waals surface area contributed by atoms with Gasteiger partial charge in [0.2, 0.25) is 0 Å². The topological polar surface area (TPSA) is 55.8 Å². The van der Waals surface area contributed by atoms with E-state index in [2.05, 4.69) is 0 Å². The predicted molar refractivity (Wildman–Crippen MR) is 75.3 cm³/mol. The zero-order valence-electron chi connectivity index (χ0n) is 12.1. The quantitative estimate of drug-likeness (QED) is 0.584. The number of hydrogen-bond acceptors (Lipinski definition) is 4. The minimum absolute atomic E-state index is 0.380. The largest absolute Gasteiger partial charge is 0.382 e. The van der Waals surface area contributed by atoms with E-state index >= 15 is 0 Å². The van der Waals surface area contributed by atoms with Crippen LogP contribution in [0.1, 0.15) is 21.5 Å². The van der Waals surface area contributed by atoms with Crippen LogP contribution in [0.3, 0.4) is 0 Å². The van der Waals surface area contributed by atoms with Crippen LogP contribution < -0.4 is 4.90 Å². The Hall–Kier alpha value is -1.72. The Labute approximate surface area is 118 Å². The summed E-state index contributed by atoms with van der Waals surface area (Å²) in [5.74, 6) is -0.896. The number of hydrogen-bond donors (Lipinski definition) is 0. The molecule has 0 radical (unpaired) electrons. The number of benzene rings is 1. The smallest absolute Gasteiger partial charge is 0.299 e. The fraction of sp³-hybridized carbons (Fsp3) is 0.467. The van der Waals surface area contributed by atoms with E-state index in [-0.39, 0.29) is 0 Å². The zero-order valence-corrected chi connectivity index (χ0v) is 12.1. The van der Waals surface area contributed by atoms with Gasteiger partial charge in [0.05, 0.1) is 31.1 Å². The standard InChI is InChI=1S/C15H19NO4/c1-10-8-11(2)13-12(9-10)14(17)15(18)16(13)4-5-20-7-6-19-3/h8-9H,4-7H2,1-3H3. The molecule has 5 heteroatoms. The Morgan fingerprint density at radius 1 is 1.10 bits per heavy atom. The summed E-state index contributed by atoms with van der Waals surface area (Å²) < 4.78 is 10.2. The predicted octanol–water partition coefficient (Wildman–Crippen LogP) is 1.50. The average Bonchev–Trinajstić information content (AvgIpc) is 2.64. The molecule has 0 bridgehead atoms. The van der Waals surface area contributed by atoms with Crippen molar-refractivity contribution in [3.05, 3.63) is 28.8 Å². The highest BCUT2D eigenvalue weighted by Crippen LogP contribution is 2.33. The van der Waals surface area contributed by atoms with Gasteiger partial charge in [-0.1, -0.05) is 6.07 Å². The monoisotopic (exact) mass is 277 g/mol. The fourth-order valence-corrected chi connectivity index (χ4v) is 2.44. The summed E-state index contributed by atoms with van der Waals surface area (Å²) in [5, 5.41) is 0. The van der Waals surface area contributed by atoms with E-state index < -0.39 is 11.7 Å². The minimum Gasteiger partial charge on any atom is -0.382 e. The molecule has 1 heterocycles. The lowest BCUT2D eigenvalue weighted by Gasteiger charge is -2.18. The molecule has 0 fully saturated rings. The first-order chi connectivity index (χ1) is 9.56. The third kappa shape index (κ3) is 2.73. The minimum atomic E-state index is -0.468. The van der Waals surface area contributed by atoms with Crippen molar-refractivity contribution in [3.8, 4) is 0 Å². The van der Waals surface area contributed by atoms with Crippen molar-refractivity contribution in [1.29, 1.82) is 0 Å². The lowest BCUT2D eigenvalue weighted by molar-refractivity contribution is -0.114. The molecule has 0 saturated carbocycles. The van der Waals surface area contributed by atoms with Crippen LogP contribution in [0.4, 0.5) is 5.69 Å². The molecule has 20 heavy (non-hydrogen) atoms. The van der Waals surface area contributed by atoms with Crippen LogP contribution in [0.25, 0.3) is 0 Å². The number of methoxy groups -OCH3 is 1. The molecule has 108 valence electrons. The van der Waals surface area contributed by atoms with Crippen molar-refractivity contribution in [2.75, 3.05) is 38.4 Å². The molecule has 1 aromatic rings. The van der Waals surface area contributed by atoms with Gasteiger partial charge in [-0.3, -0.25) is 9.59 Å². The molecule has 1 aromatic carbocycles. The van der Waals surface area contributed by atoms with Crippen molar-refractivity contribution < 1.29 is 19.1 Å². The van der Waals surface area contributed by atoms with Crippen LogP contribution >= 0.6 is 0 Å². The lowest BCUT2D eigenvalue weighted by atomic mass is 10.0. The maximum absolute atomic E-state index is 12.0. The number of aryl methyl sites for hydroxylation is 2. The SMILES string of the molecule is COCCOCCN1C(=O)C(=O)c2cc(C)cc(C)c21. The highest BCUT2D eigenvalue weighted by Gasteiger charge is 2.36. The van der Waals surface area contributed by atoms with Gasteiger partial charge in [0, 0.05) is 13.7 Å². The number of carbonyl (C=O) groups is 2. The maximum atomic E-state index is 12.0. The van der Waals surface area contributed by atoms with Gasteiger partial charge < -0.3 is 14.4 Å². The third-order valence-electron chi connectivity index (χ3n) is 3.29. The lowest BCUT2D eigenvalue weighted by Crippen LogP contribution is -2.33. The van der Waals surface area contributed by atoms with E-state index in [9.17, 15) is 9.59 Å². The molecular weight excluding hydrogens is 258 g/mol. The van der Waals surface area contributed by atoms with Crippen LogP contribution in [0, 0.1) is 13.8 Å². The molecule has 1 aliphatic rings. The highest BCUT2D eigenvalue weighted by molar-refractivity contribution is 6.52. The van der Waals surface area contributed by atoms with Crippen LogP contribution in [-0.4, -0.2) is 45.2 Å². The number of ketones is 1. The normalized spacial score (nSPS) is 14.1. The highest BCUT2D eigenvalue weighted by atomic mass is 16.5. The van der Waals surface area contributed by atoms with E-state index in [0.29, 0.717) is 31.9 Å². The summed E-state index contributed by atoms with van der Waals surface area (Å²) in [5.41, 5.74) is 3.15. The molecule has 5 nitrogen and oxygen atoms in total. The van der Waals surface area contributed by atoms with Crippen molar-refractivity contribution in [1.82, 2.24) is 0 Å². The Morgan fingerprint density at radius 2 is 1.85 bits per heavy atom. The summed E-state index contributed by atoms with van der Waals surface area (Å²) >= 11 is 0. The van der Waals surface area contributed by atoms with E-state index in [4.69, 9.17) is 9.47 Å². The Bertz CT molecular complexity index is 539.